The number of carbonyl (C=O) groups excluding carboxylic acids is 1. The molecule has 4 rings (SSSR count). The number of aliphatic hydroxyl groups excluding tert-OH is 1. The third kappa shape index (κ3) is 8.18. The van der Waals surface area contributed by atoms with Crippen molar-refractivity contribution in [3.63, 3.8) is 0 Å². The Hall–Kier alpha value is -3.63. The van der Waals surface area contributed by atoms with Gasteiger partial charge in [-0.1, -0.05) is 61.2 Å². The topological polar surface area (TPSA) is 114 Å². The standard InChI is InChI=1S/C30H31NO7S/c1-2-15-36-30(35)31-17-20-3-9-24(10-4-20)29-37-25(19-39-26-13-11-23(12-14-26)28(33)34)16-27(38-29)22-7-5-21(18-32)6-8-22/h2-14,25,27,29,32H,1,15-19H2,(H,31,35)(H,33,34)/t25-,27+,29+/m1/s1. The van der Waals surface area contributed by atoms with Crippen molar-refractivity contribution >= 4 is 23.8 Å². The van der Waals surface area contributed by atoms with E-state index in [2.05, 4.69) is 11.9 Å². The molecule has 0 aliphatic carbocycles. The van der Waals surface area contributed by atoms with Gasteiger partial charge in [0, 0.05) is 29.2 Å². The summed E-state index contributed by atoms with van der Waals surface area (Å²) in [6.07, 6.45) is 0.707. The van der Waals surface area contributed by atoms with Crippen LogP contribution in [0.3, 0.4) is 0 Å². The second kappa shape index (κ2) is 14.0. The average molecular weight is 550 g/mol. The molecule has 204 valence electrons. The van der Waals surface area contributed by atoms with E-state index in [9.17, 15) is 14.7 Å². The normalized spacial score (nSPS) is 18.7. The predicted molar refractivity (Wildman–Crippen MR) is 147 cm³/mol. The van der Waals surface area contributed by atoms with Gasteiger partial charge in [0.15, 0.2) is 6.29 Å². The Balaban J connectivity index is 1.45. The van der Waals surface area contributed by atoms with E-state index in [1.165, 1.54) is 6.08 Å². The molecule has 1 fully saturated rings. The lowest BCUT2D eigenvalue weighted by Crippen LogP contribution is -2.31. The molecule has 3 aromatic carbocycles. The van der Waals surface area contributed by atoms with Gasteiger partial charge in [0.05, 0.1) is 24.4 Å². The SMILES string of the molecule is C=CCOC(=O)NCc1ccc([C@H]2O[C@@H](CSc3ccc(C(=O)O)cc3)C[C@@H](c3ccc(CO)cc3)O2)cc1. The fraction of sp³-hybridized carbons (Fsp3) is 0.267. The molecule has 1 heterocycles. The lowest BCUT2D eigenvalue weighted by atomic mass is 10.0. The van der Waals surface area contributed by atoms with Crippen molar-refractivity contribution in [3.8, 4) is 0 Å². The fourth-order valence-electron chi connectivity index (χ4n) is 4.06. The van der Waals surface area contributed by atoms with Crippen LogP contribution < -0.4 is 5.32 Å². The van der Waals surface area contributed by atoms with Crippen molar-refractivity contribution in [2.45, 2.75) is 43.0 Å². The molecule has 1 aliphatic rings. The van der Waals surface area contributed by atoms with E-state index in [-0.39, 0.29) is 31.0 Å². The molecule has 39 heavy (non-hydrogen) atoms. The summed E-state index contributed by atoms with van der Waals surface area (Å²) >= 11 is 1.60. The number of hydrogen-bond donors (Lipinski definition) is 3. The summed E-state index contributed by atoms with van der Waals surface area (Å²) in [7, 11) is 0. The van der Waals surface area contributed by atoms with E-state index in [0.717, 1.165) is 27.1 Å². The highest BCUT2D eigenvalue weighted by molar-refractivity contribution is 7.99. The van der Waals surface area contributed by atoms with Gasteiger partial charge >= 0.3 is 12.1 Å². The number of benzene rings is 3. The summed E-state index contributed by atoms with van der Waals surface area (Å²) in [5.74, 6) is -0.293. The molecule has 3 atom stereocenters. The van der Waals surface area contributed by atoms with E-state index < -0.39 is 18.4 Å². The van der Waals surface area contributed by atoms with E-state index in [1.54, 1.807) is 36.0 Å². The van der Waals surface area contributed by atoms with E-state index in [4.69, 9.17) is 19.3 Å². The van der Waals surface area contributed by atoms with Crippen LogP contribution in [0.2, 0.25) is 0 Å². The molecular formula is C30H31NO7S. The van der Waals surface area contributed by atoms with Crippen LogP contribution in [0.4, 0.5) is 4.79 Å². The van der Waals surface area contributed by atoms with Crippen LogP contribution in [0.5, 0.6) is 0 Å². The molecule has 8 nitrogen and oxygen atoms in total. The molecule has 3 aromatic rings. The monoisotopic (exact) mass is 549 g/mol. The highest BCUT2D eigenvalue weighted by Crippen LogP contribution is 2.39. The number of nitrogens with one attached hydrogen (secondary N) is 1. The van der Waals surface area contributed by atoms with Crippen molar-refractivity contribution in [1.29, 1.82) is 0 Å². The van der Waals surface area contributed by atoms with Gasteiger partial charge in [-0.2, -0.15) is 0 Å². The second-order valence-electron chi connectivity index (χ2n) is 8.97. The molecule has 1 aliphatic heterocycles. The number of thioether (sulfide) groups is 1. The lowest BCUT2D eigenvalue weighted by Gasteiger charge is -2.36. The molecule has 1 saturated heterocycles. The van der Waals surface area contributed by atoms with Gasteiger partial charge in [-0.15, -0.1) is 11.8 Å². The van der Waals surface area contributed by atoms with E-state index in [0.29, 0.717) is 18.7 Å². The summed E-state index contributed by atoms with van der Waals surface area (Å²) in [4.78, 5) is 23.8. The van der Waals surface area contributed by atoms with Crippen LogP contribution in [-0.4, -0.2) is 40.7 Å². The fourth-order valence-corrected chi connectivity index (χ4v) is 4.98. The molecule has 0 radical (unpaired) electrons. The van der Waals surface area contributed by atoms with Crippen LogP contribution in [0, 0.1) is 0 Å². The Kier molecular flexibility index (Phi) is 10.2. The first-order chi connectivity index (χ1) is 18.9. The minimum Gasteiger partial charge on any atom is -0.478 e. The quantitative estimate of drug-likeness (QED) is 0.208. The molecular weight excluding hydrogens is 518 g/mol. The highest BCUT2D eigenvalue weighted by Gasteiger charge is 2.32. The van der Waals surface area contributed by atoms with Crippen molar-refractivity contribution in [2.24, 2.45) is 0 Å². The molecule has 0 spiro atoms. The van der Waals surface area contributed by atoms with E-state index >= 15 is 0 Å². The minimum absolute atomic E-state index is 0.0232. The Morgan fingerprint density at radius 3 is 2.28 bits per heavy atom. The van der Waals surface area contributed by atoms with Gasteiger partial charge in [0.2, 0.25) is 0 Å². The van der Waals surface area contributed by atoms with Crippen LogP contribution in [0.1, 0.15) is 51.4 Å². The van der Waals surface area contributed by atoms with Gasteiger partial charge in [-0.3, -0.25) is 0 Å². The highest BCUT2D eigenvalue weighted by atomic mass is 32.2. The van der Waals surface area contributed by atoms with Crippen LogP contribution in [0.15, 0.2) is 90.3 Å². The number of carboxylic acids is 1. The number of amides is 1. The van der Waals surface area contributed by atoms with E-state index in [1.807, 2.05) is 48.5 Å². The average Bonchev–Trinajstić information content (AvgIpc) is 2.98. The smallest absolute Gasteiger partial charge is 0.407 e. The Morgan fingerprint density at radius 2 is 1.64 bits per heavy atom. The number of ether oxygens (including phenoxy) is 3. The maximum absolute atomic E-state index is 11.7. The molecule has 1 amide bonds. The summed E-state index contributed by atoms with van der Waals surface area (Å²) in [6, 6.07) is 22.2. The molecule has 0 unspecified atom stereocenters. The van der Waals surface area contributed by atoms with Crippen molar-refractivity contribution in [3.05, 3.63) is 113 Å². The maximum atomic E-state index is 11.7. The number of alkyl carbamates (subject to hydrolysis) is 1. The van der Waals surface area contributed by atoms with Gasteiger partial charge in [0.25, 0.3) is 0 Å². The van der Waals surface area contributed by atoms with Crippen molar-refractivity contribution in [2.75, 3.05) is 12.4 Å². The van der Waals surface area contributed by atoms with Crippen molar-refractivity contribution < 1.29 is 34.0 Å². The first-order valence-electron chi connectivity index (χ1n) is 12.5. The Labute approximate surface area is 231 Å². The first-order valence-corrected chi connectivity index (χ1v) is 13.5. The van der Waals surface area contributed by atoms with Gasteiger partial charge in [-0.25, -0.2) is 9.59 Å². The maximum Gasteiger partial charge on any atom is 0.407 e. The summed E-state index contributed by atoms with van der Waals surface area (Å²) in [5, 5.41) is 21.2. The zero-order valence-electron chi connectivity index (χ0n) is 21.3. The lowest BCUT2D eigenvalue weighted by molar-refractivity contribution is -0.245. The molecule has 0 bridgehead atoms. The molecule has 9 heteroatoms. The first kappa shape index (κ1) is 28.4. The van der Waals surface area contributed by atoms with Crippen LogP contribution in [0.25, 0.3) is 0 Å². The Morgan fingerprint density at radius 1 is 0.974 bits per heavy atom. The largest absolute Gasteiger partial charge is 0.478 e. The number of aliphatic hydroxyl groups is 1. The van der Waals surface area contributed by atoms with Gasteiger partial charge in [0.1, 0.15) is 6.61 Å². The van der Waals surface area contributed by atoms with Crippen LogP contribution >= 0.6 is 11.8 Å². The van der Waals surface area contributed by atoms with Gasteiger partial charge in [-0.05, 0) is 41.0 Å². The number of carbonyl (C=O) groups is 2. The predicted octanol–water partition coefficient (Wildman–Crippen LogP) is 5.63. The number of aromatic carboxylic acids is 1. The zero-order chi connectivity index (χ0) is 27.6. The molecule has 3 N–H and O–H groups in total. The molecule has 0 saturated carbocycles. The minimum atomic E-state index is -0.952. The summed E-state index contributed by atoms with van der Waals surface area (Å²) in [5.41, 5.74) is 3.83. The third-order valence-corrected chi connectivity index (χ3v) is 7.32. The number of rotatable bonds is 11. The zero-order valence-corrected chi connectivity index (χ0v) is 22.1. The summed E-state index contributed by atoms with van der Waals surface area (Å²) in [6.45, 7) is 3.97. The van der Waals surface area contributed by atoms with Crippen molar-refractivity contribution in [1.82, 2.24) is 5.32 Å². The molecule has 0 aromatic heterocycles. The van der Waals surface area contributed by atoms with Crippen LogP contribution in [-0.2, 0) is 27.4 Å². The van der Waals surface area contributed by atoms with Gasteiger partial charge < -0.3 is 29.7 Å². The Bertz CT molecular complexity index is 1250. The number of hydrogen-bond acceptors (Lipinski definition) is 7. The second-order valence-corrected chi connectivity index (χ2v) is 10.1. The summed E-state index contributed by atoms with van der Waals surface area (Å²) < 4.78 is 17.7. The number of carboxylic acid groups (broad SMARTS) is 1. The third-order valence-electron chi connectivity index (χ3n) is 6.17.